The molecule has 686 valence electrons. The van der Waals surface area contributed by atoms with Crippen LogP contribution in [0.4, 0.5) is 84.9 Å². The van der Waals surface area contributed by atoms with Gasteiger partial charge in [0, 0.05) is 126 Å². The topological polar surface area (TPSA) is 472 Å². The van der Waals surface area contributed by atoms with Crippen LogP contribution in [0.1, 0.15) is 152 Å². The van der Waals surface area contributed by atoms with Crippen LogP contribution in [0.3, 0.4) is 0 Å². The lowest BCUT2D eigenvalue weighted by Crippen LogP contribution is -2.15. The van der Waals surface area contributed by atoms with Crippen molar-refractivity contribution in [2.75, 3.05) is 71.0 Å². The van der Waals surface area contributed by atoms with Crippen LogP contribution in [-0.4, -0.2) is 157 Å². The highest BCUT2D eigenvalue weighted by atomic mass is 19.1. The van der Waals surface area contributed by atoms with E-state index < -0.39 is 5.95 Å². The molecule has 17 rings (SSSR count). The minimum absolute atomic E-state index is 0.0168. The predicted molar refractivity (Wildman–Crippen MR) is 502 cm³/mol. The number of nitrogens with zero attached hydrogens (tertiary/aromatic N) is 20. The van der Waals surface area contributed by atoms with Crippen molar-refractivity contribution in [2.45, 2.75) is 105 Å². The summed E-state index contributed by atoms with van der Waals surface area (Å²) in [5, 5.41) is 51.4. The lowest BCUT2D eigenvalue weighted by atomic mass is 9.88. The molecule has 14 aromatic rings. The molecule has 38 nitrogen and oxygen atoms in total. The number of aromatic nitrogens is 19. The maximum atomic E-state index is 14.6. The third-order valence-corrected chi connectivity index (χ3v) is 21.3. The zero-order valence-electron chi connectivity index (χ0n) is 76.2. The van der Waals surface area contributed by atoms with E-state index in [1.165, 1.54) is 24.8 Å². The second kappa shape index (κ2) is 41.8. The van der Waals surface area contributed by atoms with Gasteiger partial charge in [-0.1, -0.05) is 71.9 Å². The van der Waals surface area contributed by atoms with Crippen molar-refractivity contribution in [3.63, 3.8) is 0 Å². The average molecular weight is 1810 g/mol. The molecule has 0 atom stereocenters. The molecule has 39 heteroatoms. The molecule has 134 heavy (non-hydrogen) atoms. The van der Waals surface area contributed by atoms with Gasteiger partial charge in [0.15, 0.2) is 75.2 Å². The number of rotatable bonds is 32. The van der Waals surface area contributed by atoms with Crippen LogP contribution in [0.25, 0.3) is 45.6 Å². The van der Waals surface area contributed by atoms with Crippen LogP contribution in [0.5, 0.6) is 23.0 Å². The van der Waals surface area contributed by atoms with Gasteiger partial charge in [0.1, 0.15) is 72.0 Å². The number of anilines is 14. The fourth-order valence-corrected chi connectivity index (χ4v) is 14.0. The van der Waals surface area contributed by atoms with Crippen LogP contribution in [0.15, 0.2) is 172 Å². The van der Waals surface area contributed by atoms with Gasteiger partial charge in [-0.2, -0.15) is 30.0 Å². The molecule has 2 amide bonds. The Labute approximate surface area is 770 Å². The highest BCUT2D eigenvalue weighted by Gasteiger charge is 2.35. The number of pyridine rings is 7. The summed E-state index contributed by atoms with van der Waals surface area (Å²) in [6.45, 7) is 11.2. The number of nitrogens with one attached hydrogen (secondary N) is 8. The highest BCUT2D eigenvalue weighted by molar-refractivity contribution is 6.07. The van der Waals surface area contributed by atoms with E-state index >= 15 is 0 Å². The van der Waals surface area contributed by atoms with Gasteiger partial charge in [0.2, 0.25) is 17.8 Å². The third-order valence-electron chi connectivity index (χ3n) is 21.3. The zero-order chi connectivity index (χ0) is 95.0. The van der Waals surface area contributed by atoms with E-state index in [0.29, 0.717) is 196 Å². The van der Waals surface area contributed by atoms with Gasteiger partial charge < -0.3 is 61.5 Å². The Kier molecular flexibility index (Phi) is 29.2. The van der Waals surface area contributed by atoms with E-state index in [-0.39, 0.29) is 63.8 Å². The number of aryl methyl sites for hydroxylation is 4. The van der Waals surface area contributed by atoms with Gasteiger partial charge in [0.05, 0.1) is 113 Å². The maximum absolute atomic E-state index is 14.6. The second-order valence-electron chi connectivity index (χ2n) is 32.4. The summed E-state index contributed by atoms with van der Waals surface area (Å²) in [5.41, 5.74) is 8.99. The van der Waals surface area contributed by atoms with Gasteiger partial charge >= 0.3 is 0 Å². The molecule has 0 bridgehead atoms. The molecule has 3 aromatic carbocycles. The number of halogens is 1. The van der Waals surface area contributed by atoms with E-state index in [4.69, 9.17) is 24.2 Å². The van der Waals surface area contributed by atoms with Crippen LogP contribution < -0.4 is 61.5 Å². The smallest absolute Gasteiger partial charge is 0.228 e. The normalized spacial score (nSPS) is 12.4. The number of carbonyl (C=O) groups excluding carboxylic acids is 6. The van der Waals surface area contributed by atoms with Crippen molar-refractivity contribution in [1.82, 2.24) is 93.9 Å². The van der Waals surface area contributed by atoms with Crippen LogP contribution >= 0.6 is 0 Å². The number of ketones is 4. The molecule has 3 aliphatic carbocycles. The summed E-state index contributed by atoms with van der Waals surface area (Å²) in [7, 11) is 13.4. The van der Waals surface area contributed by atoms with Gasteiger partial charge in [-0.25, -0.2) is 54.8 Å². The largest absolute Gasteiger partial charge is 0.494 e. The van der Waals surface area contributed by atoms with E-state index in [1.807, 2.05) is 81.4 Å². The third kappa shape index (κ3) is 22.8. The molecule has 3 aliphatic rings. The average Bonchev–Trinajstić information content (AvgIpc) is 1.35. The first-order valence-electron chi connectivity index (χ1n) is 43.1. The van der Waals surface area contributed by atoms with Gasteiger partial charge in [0.25, 0.3) is 0 Å². The van der Waals surface area contributed by atoms with Crippen molar-refractivity contribution >= 4 is 115 Å². The van der Waals surface area contributed by atoms with Gasteiger partial charge in [-0.05, 0) is 105 Å². The number of Topliss-reactive ketones (excluding diaryl/α,β-unsaturated/α-hetero) is 4. The maximum Gasteiger partial charge on any atom is 0.228 e. The Morgan fingerprint density at radius 1 is 0.403 bits per heavy atom. The zero-order valence-corrected chi connectivity index (χ0v) is 76.2. The van der Waals surface area contributed by atoms with Crippen LogP contribution in [-0.2, 0) is 43.2 Å². The summed E-state index contributed by atoms with van der Waals surface area (Å²) in [6.07, 6.45) is 20.4. The summed E-state index contributed by atoms with van der Waals surface area (Å²) in [5.74, 6) is 6.23. The number of nitriles is 1. The van der Waals surface area contributed by atoms with E-state index in [1.54, 1.807) is 188 Å². The molecule has 8 N–H and O–H groups in total. The van der Waals surface area contributed by atoms with E-state index in [2.05, 4.69) is 118 Å². The number of hydrogen-bond donors (Lipinski definition) is 8. The lowest BCUT2D eigenvalue weighted by Gasteiger charge is -2.19. The Bertz CT molecular complexity index is 6760. The number of benzene rings is 3. The number of para-hydroxylation sites is 3. The summed E-state index contributed by atoms with van der Waals surface area (Å²) in [4.78, 5) is 122. The Morgan fingerprint density at radius 3 is 1.11 bits per heavy atom. The highest BCUT2D eigenvalue weighted by Crippen LogP contribution is 2.44. The number of carbonyl (C=O) groups is 6. The fourth-order valence-electron chi connectivity index (χ4n) is 14.0. The first-order valence-corrected chi connectivity index (χ1v) is 43.1. The van der Waals surface area contributed by atoms with Gasteiger partial charge in [-0.15, -0.1) is 0 Å². The molecule has 0 saturated heterocycles. The van der Waals surface area contributed by atoms with Crippen molar-refractivity contribution in [2.24, 2.45) is 45.9 Å². The minimum atomic E-state index is -0.543. The molecule has 11 aromatic heterocycles. The molecule has 3 fully saturated rings. The molecular weight excluding hydrogens is 1710 g/mol. The van der Waals surface area contributed by atoms with Crippen molar-refractivity contribution < 1.29 is 52.1 Å². The van der Waals surface area contributed by atoms with Crippen molar-refractivity contribution in [1.29, 1.82) is 5.26 Å². The predicted octanol–water partition coefficient (Wildman–Crippen LogP) is 16.6. The van der Waals surface area contributed by atoms with E-state index in [0.717, 1.165) is 38.5 Å². The van der Waals surface area contributed by atoms with Crippen molar-refractivity contribution in [3.8, 4) is 74.6 Å². The van der Waals surface area contributed by atoms with Gasteiger partial charge in [-0.3, -0.25) is 47.5 Å². The molecular formula is C95H99FN28O10. The molecule has 3 saturated carbocycles. The number of amides is 2. The molecule has 11 heterocycles. The van der Waals surface area contributed by atoms with Crippen LogP contribution in [0, 0.1) is 35.0 Å². The number of hydrogen-bond acceptors (Lipinski definition) is 32. The number of ether oxygens (including phenoxy) is 4. The van der Waals surface area contributed by atoms with Crippen LogP contribution in [0.2, 0.25) is 0 Å². The monoisotopic (exact) mass is 1810 g/mol. The lowest BCUT2D eigenvalue weighted by molar-refractivity contribution is -0.118. The SMILES string of the molecule is CCC(=O)c1cnc(NC(=O)C2CC2)cc1Nc1cccc(-c2ncn(C)n2)c1OC.CCC(=O)c1cnc(Nc2ccc(C(C)(C)C)c(F)n2)cc1Nc1cccc(-c2ncn(C)n2)c1OC.CCC(=O)c1cnc(Nc2cccc(C#N)n2)cc1Nc1cccc(-c2ncn(C)n2)c1OC.COc1c(-c2ncn(C)n2)ccnc1Nc1cc(NC(=O)C2CC2)ncc1C(=O)C1CC1. The standard InChI is InChI=1S/C27H30FN7O2.C24H22N8O2.C22H23N7O3.C22H24N6O3/c1-7-21(36)17-14-29-23(32-22-12-11-18(25(28)33-22)27(2,3)4)13-20(17)31-19-10-8-9-16(24(19)37-6)26-30-15-35(5)34-26;1-4-20(33)17-13-26-22(30-21-10-5-7-15(12-25)28-21)11-19(17)29-18-9-6-8-16(23(18)34-3)24-27-14-32(2)31-24;1-29-11-25-20(28-29)14-7-8-23-21(19(14)32-2)26-16-9-17(27-22(31)13-5-6-13)24-10-15(16)18(30)12-3-4-12;1-4-18(29)15-11-23-19(26-22(30)13-8-9-13)10-17(15)25-16-7-5-6-14(20(16)31-3)21-24-12-28(2)27-21/h8-15H,7H2,1-6H3,(H2,29,31,32,33);5-11,13-14H,4H2,1-3H3,(H2,26,28,29,30);7-13H,3-6H2,1-2H3,(H2,23,24,26,27,31);5-7,10-13H,4,8-9H2,1-3H3,(H2,23,25,26,30). The molecule has 0 aliphatic heterocycles. The summed E-state index contributed by atoms with van der Waals surface area (Å²) < 4.78 is 43.7. The summed E-state index contributed by atoms with van der Waals surface area (Å²) in [6, 6.07) is 35.7. The summed E-state index contributed by atoms with van der Waals surface area (Å²) >= 11 is 0. The Hall–Kier alpha value is -16.7. The Morgan fingerprint density at radius 2 is 0.761 bits per heavy atom. The first kappa shape index (κ1) is 93.5. The Balaban J connectivity index is 0.000000144. The molecule has 0 unspecified atom stereocenters. The molecule has 0 radical (unpaired) electrons. The number of methoxy groups -OCH3 is 4. The quantitative estimate of drug-likeness (QED) is 0.0143. The molecule has 0 spiro atoms. The second-order valence-corrected chi connectivity index (χ2v) is 32.4. The fraction of sp³-hybridized carbons (Fsp3) is 0.284. The van der Waals surface area contributed by atoms with E-state index in [9.17, 15) is 33.2 Å². The minimum Gasteiger partial charge on any atom is -0.494 e. The van der Waals surface area contributed by atoms with Crippen molar-refractivity contribution in [3.05, 3.63) is 211 Å². The first-order chi connectivity index (χ1) is 64.6.